The quantitative estimate of drug-likeness (QED) is 0.846. The van der Waals surface area contributed by atoms with Crippen molar-refractivity contribution in [3.8, 4) is 5.75 Å². The highest BCUT2D eigenvalue weighted by Crippen LogP contribution is 2.25. The number of rotatable bonds is 4. The van der Waals surface area contributed by atoms with Gasteiger partial charge in [0.05, 0.1) is 12.8 Å². The predicted octanol–water partition coefficient (Wildman–Crippen LogP) is 3.77. The Hall–Kier alpha value is -2.34. The first-order chi connectivity index (χ1) is 12.2. The molecule has 1 aliphatic heterocycles. The SMILES string of the molecule is COc1cccc(N2CCN(C(=O)Nc3ccccc3SC)CC2)c1. The maximum absolute atomic E-state index is 12.5. The van der Waals surface area contributed by atoms with Gasteiger partial charge in [-0.3, -0.25) is 0 Å². The topological polar surface area (TPSA) is 44.8 Å². The molecular weight excluding hydrogens is 334 g/mol. The smallest absolute Gasteiger partial charge is 0.321 e. The molecule has 0 aromatic heterocycles. The minimum absolute atomic E-state index is 0.0354. The lowest BCUT2D eigenvalue weighted by molar-refractivity contribution is 0.208. The average molecular weight is 357 g/mol. The molecule has 1 saturated heterocycles. The third kappa shape index (κ3) is 4.20. The summed E-state index contributed by atoms with van der Waals surface area (Å²) in [6, 6.07) is 15.9. The Labute approximate surface area is 153 Å². The molecule has 25 heavy (non-hydrogen) atoms. The van der Waals surface area contributed by atoms with Gasteiger partial charge >= 0.3 is 6.03 Å². The molecule has 0 radical (unpaired) electrons. The van der Waals surface area contributed by atoms with Crippen LogP contribution in [0.25, 0.3) is 0 Å². The summed E-state index contributed by atoms with van der Waals surface area (Å²) in [5.41, 5.74) is 2.00. The highest BCUT2D eigenvalue weighted by molar-refractivity contribution is 7.98. The number of carbonyl (C=O) groups is 1. The van der Waals surface area contributed by atoms with Crippen molar-refractivity contribution in [1.29, 1.82) is 0 Å². The number of piperazine rings is 1. The van der Waals surface area contributed by atoms with Crippen molar-refractivity contribution in [2.75, 3.05) is 49.8 Å². The first-order valence-electron chi connectivity index (χ1n) is 8.29. The van der Waals surface area contributed by atoms with Crippen molar-refractivity contribution in [3.05, 3.63) is 48.5 Å². The van der Waals surface area contributed by atoms with Gasteiger partial charge in [-0.15, -0.1) is 11.8 Å². The molecule has 2 aromatic rings. The Bertz CT molecular complexity index is 730. The minimum Gasteiger partial charge on any atom is -0.497 e. The Morgan fingerprint density at radius 2 is 1.84 bits per heavy atom. The molecule has 0 spiro atoms. The second-order valence-electron chi connectivity index (χ2n) is 5.81. The lowest BCUT2D eigenvalue weighted by Gasteiger charge is -2.36. The van der Waals surface area contributed by atoms with Crippen LogP contribution in [0.3, 0.4) is 0 Å². The Morgan fingerprint density at radius 3 is 2.56 bits per heavy atom. The van der Waals surface area contributed by atoms with Gasteiger partial charge in [0.2, 0.25) is 0 Å². The number of nitrogens with zero attached hydrogens (tertiary/aromatic N) is 2. The molecule has 1 aliphatic rings. The fourth-order valence-electron chi connectivity index (χ4n) is 2.92. The van der Waals surface area contributed by atoms with Crippen LogP contribution in [0.4, 0.5) is 16.2 Å². The molecule has 132 valence electrons. The van der Waals surface area contributed by atoms with Crippen LogP contribution >= 0.6 is 11.8 Å². The minimum atomic E-state index is -0.0354. The van der Waals surface area contributed by atoms with E-state index in [-0.39, 0.29) is 6.03 Å². The molecule has 2 amide bonds. The van der Waals surface area contributed by atoms with Gasteiger partial charge in [0.25, 0.3) is 0 Å². The normalized spacial score (nSPS) is 14.3. The van der Waals surface area contributed by atoms with Gasteiger partial charge in [0.15, 0.2) is 0 Å². The van der Waals surface area contributed by atoms with Gasteiger partial charge < -0.3 is 19.9 Å². The van der Waals surface area contributed by atoms with Crippen molar-refractivity contribution in [3.63, 3.8) is 0 Å². The van der Waals surface area contributed by atoms with Gasteiger partial charge in [-0.05, 0) is 30.5 Å². The molecular formula is C19H23N3O2S. The number of thioether (sulfide) groups is 1. The Kier molecular flexibility index (Phi) is 5.71. The summed E-state index contributed by atoms with van der Waals surface area (Å²) in [5.74, 6) is 0.853. The van der Waals surface area contributed by atoms with E-state index in [0.717, 1.165) is 35.1 Å². The predicted molar refractivity (Wildman–Crippen MR) is 104 cm³/mol. The van der Waals surface area contributed by atoms with Crippen LogP contribution in [-0.4, -0.2) is 50.5 Å². The molecule has 2 aromatic carbocycles. The summed E-state index contributed by atoms with van der Waals surface area (Å²) in [7, 11) is 1.67. The van der Waals surface area contributed by atoms with Crippen LogP contribution in [0.1, 0.15) is 0 Å². The Balaban J connectivity index is 1.59. The molecule has 1 fully saturated rings. The van der Waals surface area contributed by atoms with Crippen LogP contribution in [0.5, 0.6) is 5.75 Å². The number of benzene rings is 2. The summed E-state index contributed by atoms with van der Waals surface area (Å²) in [6.07, 6.45) is 2.01. The molecule has 0 atom stereocenters. The average Bonchev–Trinajstić information content (AvgIpc) is 2.68. The summed E-state index contributed by atoms with van der Waals surface area (Å²) in [6.45, 7) is 3.02. The van der Waals surface area contributed by atoms with Crippen LogP contribution in [-0.2, 0) is 0 Å². The number of amides is 2. The molecule has 0 bridgehead atoms. The van der Waals surface area contributed by atoms with E-state index in [1.54, 1.807) is 18.9 Å². The number of methoxy groups -OCH3 is 1. The van der Waals surface area contributed by atoms with E-state index in [9.17, 15) is 4.79 Å². The molecule has 0 saturated carbocycles. The molecule has 6 heteroatoms. The maximum Gasteiger partial charge on any atom is 0.321 e. The first-order valence-corrected chi connectivity index (χ1v) is 9.51. The van der Waals surface area contributed by atoms with E-state index < -0.39 is 0 Å². The number of hydrogen-bond acceptors (Lipinski definition) is 4. The van der Waals surface area contributed by atoms with Gasteiger partial charge in [-0.2, -0.15) is 0 Å². The molecule has 3 rings (SSSR count). The van der Waals surface area contributed by atoms with Crippen molar-refractivity contribution in [2.24, 2.45) is 0 Å². The number of nitrogens with one attached hydrogen (secondary N) is 1. The van der Waals surface area contributed by atoms with Crippen molar-refractivity contribution >= 4 is 29.2 Å². The number of ether oxygens (including phenoxy) is 1. The molecule has 1 N–H and O–H groups in total. The third-order valence-corrected chi connectivity index (χ3v) is 5.13. The number of carbonyl (C=O) groups excluding carboxylic acids is 1. The van der Waals surface area contributed by atoms with Crippen LogP contribution in [0.15, 0.2) is 53.4 Å². The highest BCUT2D eigenvalue weighted by atomic mass is 32.2. The van der Waals surface area contributed by atoms with Crippen molar-refractivity contribution in [2.45, 2.75) is 4.90 Å². The van der Waals surface area contributed by atoms with Crippen LogP contribution in [0.2, 0.25) is 0 Å². The van der Waals surface area contributed by atoms with Crippen molar-refractivity contribution < 1.29 is 9.53 Å². The Morgan fingerprint density at radius 1 is 1.08 bits per heavy atom. The van der Waals surface area contributed by atoms with Crippen LogP contribution < -0.4 is 15.0 Å². The van der Waals surface area contributed by atoms with Gasteiger partial charge in [-0.25, -0.2) is 4.79 Å². The van der Waals surface area contributed by atoms with E-state index >= 15 is 0 Å². The molecule has 1 heterocycles. The lowest BCUT2D eigenvalue weighted by atomic mass is 10.2. The largest absolute Gasteiger partial charge is 0.497 e. The van der Waals surface area contributed by atoms with Gasteiger partial charge in [-0.1, -0.05) is 18.2 Å². The van der Waals surface area contributed by atoms with E-state index in [2.05, 4.69) is 16.3 Å². The lowest BCUT2D eigenvalue weighted by Crippen LogP contribution is -2.50. The van der Waals surface area contributed by atoms with E-state index in [1.807, 2.05) is 53.6 Å². The molecule has 5 nitrogen and oxygen atoms in total. The second kappa shape index (κ2) is 8.16. The van der Waals surface area contributed by atoms with E-state index in [0.29, 0.717) is 13.1 Å². The second-order valence-corrected chi connectivity index (χ2v) is 6.65. The molecule has 0 aliphatic carbocycles. The van der Waals surface area contributed by atoms with E-state index in [4.69, 9.17) is 4.74 Å². The highest BCUT2D eigenvalue weighted by Gasteiger charge is 2.22. The number of para-hydroxylation sites is 1. The van der Waals surface area contributed by atoms with Crippen LogP contribution in [0, 0.1) is 0 Å². The third-order valence-electron chi connectivity index (χ3n) is 4.33. The van der Waals surface area contributed by atoms with Crippen molar-refractivity contribution in [1.82, 2.24) is 4.90 Å². The molecule has 0 unspecified atom stereocenters. The van der Waals surface area contributed by atoms with Gasteiger partial charge in [0.1, 0.15) is 5.75 Å². The zero-order valence-corrected chi connectivity index (χ0v) is 15.4. The first kappa shape index (κ1) is 17.5. The summed E-state index contributed by atoms with van der Waals surface area (Å²) >= 11 is 1.63. The fourth-order valence-corrected chi connectivity index (χ4v) is 3.47. The number of hydrogen-bond donors (Lipinski definition) is 1. The number of anilines is 2. The maximum atomic E-state index is 12.5. The summed E-state index contributed by atoms with van der Waals surface area (Å²) < 4.78 is 5.29. The zero-order chi connectivity index (χ0) is 17.6. The zero-order valence-electron chi connectivity index (χ0n) is 14.6. The monoisotopic (exact) mass is 357 g/mol. The van der Waals surface area contributed by atoms with E-state index in [1.165, 1.54) is 0 Å². The van der Waals surface area contributed by atoms with Gasteiger partial charge in [0, 0.05) is 42.8 Å². The summed E-state index contributed by atoms with van der Waals surface area (Å²) in [4.78, 5) is 17.8. The fraction of sp³-hybridized carbons (Fsp3) is 0.316. The number of urea groups is 1. The summed E-state index contributed by atoms with van der Waals surface area (Å²) in [5, 5.41) is 3.03. The standard InChI is InChI=1S/C19H23N3O2S/c1-24-16-7-5-6-15(14-16)21-10-12-22(13-11-21)19(23)20-17-8-3-4-9-18(17)25-2/h3-9,14H,10-13H2,1-2H3,(H,20,23).